The smallest absolute Gasteiger partial charge is 0.0700 e. The Morgan fingerprint density at radius 3 is 0.767 bits per heavy atom. The van der Waals surface area contributed by atoms with Crippen molar-refractivity contribution in [2.45, 2.75) is 155 Å². The zero-order valence-electron chi connectivity index (χ0n) is 21.2. The van der Waals surface area contributed by atoms with Gasteiger partial charge in [-0.15, -0.1) is 0 Å². The maximum absolute atomic E-state index is 5.70. The maximum atomic E-state index is 5.70. The van der Waals surface area contributed by atoms with Gasteiger partial charge in [0, 0.05) is 13.2 Å². The molecule has 0 unspecified atom stereocenters. The van der Waals surface area contributed by atoms with Crippen LogP contribution in [0.5, 0.6) is 0 Å². The molecule has 0 aliphatic heterocycles. The van der Waals surface area contributed by atoms with Crippen molar-refractivity contribution >= 4 is 0 Å². The first-order valence-corrected chi connectivity index (χ1v) is 14.1. The van der Waals surface area contributed by atoms with Gasteiger partial charge in [0.2, 0.25) is 0 Å². The fourth-order valence-electron chi connectivity index (χ4n) is 4.06. The van der Waals surface area contributed by atoms with Gasteiger partial charge in [0.1, 0.15) is 0 Å². The van der Waals surface area contributed by atoms with Gasteiger partial charge in [0.15, 0.2) is 0 Å². The molecule has 30 heavy (non-hydrogen) atoms. The normalized spacial score (nSPS) is 11.4. The summed E-state index contributed by atoms with van der Waals surface area (Å²) >= 11 is 0. The standard InChI is InChI=1S/C28H58O2/c1-3-5-7-9-11-13-15-17-19-21-23-25-29-27-28-30-26-24-22-20-18-16-14-12-10-8-6-4-2/h3-28H2,1-2H3. The Balaban J connectivity index is 2.97. The summed E-state index contributed by atoms with van der Waals surface area (Å²) in [4.78, 5) is 0. The van der Waals surface area contributed by atoms with Crippen molar-refractivity contribution in [2.24, 2.45) is 0 Å². The molecule has 0 aromatic carbocycles. The van der Waals surface area contributed by atoms with Gasteiger partial charge in [0.25, 0.3) is 0 Å². The van der Waals surface area contributed by atoms with Gasteiger partial charge < -0.3 is 9.47 Å². The van der Waals surface area contributed by atoms with Crippen LogP contribution in [-0.4, -0.2) is 26.4 Å². The lowest BCUT2D eigenvalue weighted by atomic mass is 10.1. The highest BCUT2D eigenvalue weighted by atomic mass is 16.5. The zero-order chi connectivity index (χ0) is 21.8. The largest absolute Gasteiger partial charge is 0.379 e. The van der Waals surface area contributed by atoms with E-state index in [4.69, 9.17) is 9.47 Å². The van der Waals surface area contributed by atoms with Crippen molar-refractivity contribution in [3.8, 4) is 0 Å². The van der Waals surface area contributed by atoms with E-state index in [0.717, 1.165) is 26.4 Å². The molecule has 0 heterocycles. The van der Waals surface area contributed by atoms with Crippen molar-refractivity contribution in [1.29, 1.82) is 0 Å². The van der Waals surface area contributed by atoms with Crippen LogP contribution in [0.1, 0.15) is 155 Å². The van der Waals surface area contributed by atoms with Crippen LogP contribution >= 0.6 is 0 Å². The van der Waals surface area contributed by atoms with Crippen molar-refractivity contribution in [3.05, 3.63) is 0 Å². The van der Waals surface area contributed by atoms with Crippen molar-refractivity contribution in [3.63, 3.8) is 0 Å². The SMILES string of the molecule is CCCCCCCCCCCCCOCCOCCCCCCCCCCCCC. The molecule has 0 aromatic heterocycles. The lowest BCUT2D eigenvalue weighted by Crippen LogP contribution is -2.06. The van der Waals surface area contributed by atoms with Crippen LogP contribution in [0.15, 0.2) is 0 Å². The Morgan fingerprint density at radius 2 is 0.500 bits per heavy atom. The second-order valence-corrected chi connectivity index (χ2v) is 9.30. The Labute approximate surface area is 191 Å². The number of unbranched alkanes of at least 4 members (excludes halogenated alkanes) is 20. The van der Waals surface area contributed by atoms with Crippen LogP contribution in [0.2, 0.25) is 0 Å². The van der Waals surface area contributed by atoms with Crippen LogP contribution in [-0.2, 0) is 9.47 Å². The summed E-state index contributed by atoms with van der Waals surface area (Å²) in [5.74, 6) is 0. The summed E-state index contributed by atoms with van der Waals surface area (Å²) in [6, 6.07) is 0. The lowest BCUT2D eigenvalue weighted by molar-refractivity contribution is 0.0448. The number of hydrogen-bond donors (Lipinski definition) is 0. The molecule has 0 aliphatic carbocycles. The van der Waals surface area contributed by atoms with Crippen LogP contribution < -0.4 is 0 Å². The average molecular weight is 427 g/mol. The van der Waals surface area contributed by atoms with E-state index in [2.05, 4.69) is 13.8 Å². The van der Waals surface area contributed by atoms with Crippen LogP contribution in [0, 0.1) is 0 Å². The molecule has 0 radical (unpaired) electrons. The summed E-state index contributed by atoms with van der Waals surface area (Å²) in [5, 5.41) is 0. The van der Waals surface area contributed by atoms with Crippen molar-refractivity contribution in [2.75, 3.05) is 26.4 Å². The van der Waals surface area contributed by atoms with E-state index in [9.17, 15) is 0 Å². The fourth-order valence-corrected chi connectivity index (χ4v) is 4.06. The maximum Gasteiger partial charge on any atom is 0.0700 e. The molecule has 0 rings (SSSR count). The third-order valence-corrected chi connectivity index (χ3v) is 6.16. The minimum absolute atomic E-state index is 0.774. The fraction of sp³-hybridized carbons (Fsp3) is 1.00. The molecule has 0 bridgehead atoms. The van der Waals surface area contributed by atoms with Gasteiger partial charge in [-0.3, -0.25) is 0 Å². The second kappa shape index (κ2) is 28.9. The van der Waals surface area contributed by atoms with Crippen LogP contribution in [0.3, 0.4) is 0 Å². The number of rotatable bonds is 27. The molecule has 2 heteroatoms. The molecule has 0 saturated heterocycles. The summed E-state index contributed by atoms with van der Waals surface area (Å²) < 4.78 is 11.4. The Kier molecular flexibility index (Phi) is 28.8. The first kappa shape index (κ1) is 29.9. The third-order valence-electron chi connectivity index (χ3n) is 6.16. The van der Waals surface area contributed by atoms with E-state index in [1.807, 2.05) is 0 Å². The number of ether oxygens (including phenoxy) is 2. The van der Waals surface area contributed by atoms with E-state index >= 15 is 0 Å². The first-order valence-electron chi connectivity index (χ1n) is 14.1. The molecule has 0 aromatic rings. The highest BCUT2D eigenvalue weighted by molar-refractivity contribution is 4.49. The summed E-state index contributed by atoms with van der Waals surface area (Å²) in [5.41, 5.74) is 0. The highest BCUT2D eigenvalue weighted by Crippen LogP contribution is 2.12. The quantitative estimate of drug-likeness (QED) is 0.122. The van der Waals surface area contributed by atoms with E-state index in [1.165, 1.54) is 141 Å². The van der Waals surface area contributed by atoms with Gasteiger partial charge in [-0.2, -0.15) is 0 Å². The molecule has 0 aliphatic rings. The van der Waals surface area contributed by atoms with Gasteiger partial charge in [-0.25, -0.2) is 0 Å². The van der Waals surface area contributed by atoms with E-state index in [-0.39, 0.29) is 0 Å². The summed E-state index contributed by atoms with van der Waals surface area (Å²) in [6.45, 7) is 7.95. The molecule has 0 N–H and O–H groups in total. The Bertz CT molecular complexity index is 252. The van der Waals surface area contributed by atoms with E-state index < -0.39 is 0 Å². The predicted octanol–water partition coefficient (Wildman–Crippen LogP) is 9.64. The predicted molar refractivity (Wildman–Crippen MR) is 135 cm³/mol. The molecule has 182 valence electrons. The molecule has 0 atom stereocenters. The molecular formula is C28H58O2. The number of hydrogen-bond acceptors (Lipinski definition) is 2. The molecular weight excluding hydrogens is 368 g/mol. The van der Waals surface area contributed by atoms with E-state index in [1.54, 1.807) is 0 Å². The zero-order valence-corrected chi connectivity index (χ0v) is 21.2. The minimum atomic E-state index is 0.774. The highest BCUT2D eigenvalue weighted by Gasteiger charge is 1.96. The topological polar surface area (TPSA) is 18.5 Å². The van der Waals surface area contributed by atoms with E-state index in [0.29, 0.717) is 0 Å². The lowest BCUT2D eigenvalue weighted by Gasteiger charge is -2.06. The van der Waals surface area contributed by atoms with Gasteiger partial charge in [-0.1, -0.05) is 142 Å². The van der Waals surface area contributed by atoms with Gasteiger partial charge in [-0.05, 0) is 12.8 Å². The van der Waals surface area contributed by atoms with Crippen molar-refractivity contribution < 1.29 is 9.47 Å². The third kappa shape index (κ3) is 27.9. The van der Waals surface area contributed by atoms with Gasteiger partial charge in [0.05, 0.1) is 13.2 Å². The van der Waals surface area contributed by atoms with Crippen molar-refractivity contribution in [1.82, 2.24) is 0 Å². The molecule has 2 nitrogen and oxygen atoms in total. The molecule has 0 spiro atoms. The van der Waals surface area contributed by atoms with Crippen LogP contribution in [0.4, 0.5) is 0 Å². The first-order chi connectivity index (χ1) is 14.9. The molecule has 0 amide bonds. The second-order valence-electron chi connectivity index (χ2n) is 9.30. The summed E-state index contributed by atoms with van der Waals surface area (Å²) in [7, 11) is 0. The minimum Gasteiger partial charge on any atom is -0.379 e. The van der Waals surface area contributed by atoms with Gasteiger partial charge >= 0.3 is 0 Å². The molecule has 0 saturated carbocycles. The monoisotopic (exact) mass is 426 g/mol. The van der Waals surface area contributed by atoms with Crippen LogP contribution in [0.25, 0.3) is 0 Å². The molecule has 0 fully saturated rings. The average Bonchev–Trinajstić information content (AvgIpc) is 2.76. The Hall–Kier alpha value is -0.0800. The Morgan fingerprint density at radius 1 is 0.267 bits per heavy atom. The summed E-state index contributed by atoms with van der Waals surface area (Å²) in [6.07, 6.45) is 30.6.